The number of carbonyl (C=O) groups excluding carboxylic acids is 1. The van der Waals surface area contributed by atoms with Crippen LogP contribution in [-0.4, -0.2) is 63.7 Å². The van der Waals surface area contributed by atoms with Gasteiger partial charge in [0.25, 0.3) is 5.91 Å². The van der Waals surface area contributed by atoms with Gasteiger partial charge in [-0.05, 0) is 37.6 Å². The summed E-state index contributed by atoms with van der Waals surface area (Å²) < 4.78 is 46.7. The predicted molar refractivity (Wildman–Crippen MR) is 145 cm³/mol. The van der Waals surface area contributed by atoms with Crippen LogP contribution in [-0.2, 0) is 21.3 Å². The van der Waals surface area contributed by atoms with Crippen molar-refractivity contribution in [2.45, 2.75) is 45.1 Å². The molecule has 0 fully saturated rings. The van der Waals surface area contributed by atoms with Gasteiger partial charge in [0.15, 0.2) is 16.3 Å². The number of benzene rings is 2. The highest BCUT2D eigenvalue weighted by molar-refractivity contribution is 7.89. The third kappa shape index (κ3) is 6.59. The molecule has 0 saturated carbocycles. The number of fused-ring (bicyclic) bond motifs is 1. The number of aromatic nitrogens is 1. The number of sulfonamides is 1. The summed E-state index contributed by atoms with van der Waals surface area (Å²) in [6.45, 7) is 8.15. The van der Waals surface area contributed by atoms with E-state index in [0.29, 0.717) is 54.7 Å². The molecule has 0 spiro atoms. The van der Waals surface area contributed by atoms with E-state index in [1.807, 2.05) is 37.5 Å². The van der Waals surface area contributed by atoms with Gasteiger partial charge in [0.2, 0.25) is 10.0 Å². The van der Waals surface area contributed by atoms with Crippen molar-refractivity contribution in [3.8, 4) is 11.5 Å². The van der Waals surface area contributed by atoms with Crippen LogP contribution in [0.4, 0.5) is 0 Å². The second kappa shape index (κ2) is 13.2. The molecular weight excluding hydrogens is 514 g/mol. The van der Waals surface area contributed by atoms with Crippen LogP contribution >= 0.6 is 11.3 Å². The zero-order chi connectivity index (χ0) is 27.0. The summed E-state index contributed by atoms with van der Waals surface area (Å²) >= 11 is 1.36. The van der Waals surface area contributed by atoms with E-state index in [0.717, 1.165) is 23.1 Å². The minimum atomic E-state index is -3.62. The van der Waals surface area contributed by atoms with Crippen LogP contribution in [0.1, 0.15) is 44.0 Å². The summed E-state index contributed by atoms with van der Waals surface area (Å²) in [4.78, 5) is 18.1. The largest absolute Gasteiger partial charge is 0.493 e. The van der Waals surface area contributed by atoms with Crippen molar-refractivity contribution in [1.82, 2.24) is 8.87 Å². The fourth-order valence-corrected chi connectivity index (χ4v) is 6.40. The number of nitrogens with zero attached hydrogens (tertiary/aromatic N) is 3. The first-order valence-corrected chi connectivity index (χ1v) is 14.6. The Hall–Kier alpha value is -2.73. The molecule has 2 aromatic carbocycles. The first-order valence-electron chi connectivity index (χ1n) is 12.3. The average Bonchev–Trinajstić information content (AvgIpc) is 3.23. The molecule has 11 heteroatoms. The van der Waals surface area contributed by atoms with Crippen molar-refractivity contribution in [2.24, 2.45) is 4.99 Å². The topological polar surface area (TPSA) is 99.4 Å². The van der Waals surface area contributed by atoms with E-state index in [1.165, 1.54) is 39.9 Å². The molecule has 1 amide bonds. The Kier molecular flexibility index (Phi) is 10.3. The van der Waals surface area contributed by atoms with E-state index in [-0.39, 0.29) is 4.90 Å². The first kappa shape index (κ1) is 28.8. The minimum Gasteiger partial charge on any atom is -0.493 e. The highest BCUT2D eigenvalue weighted by Gasteiger charge is 2.23. The van der Waals surface area contributed by atoms with E-state index < -0.39 is 15.9 Å². The molecule has 3 rings (SSSR count). The Balaban J connectivity index is 1.98. The maximum absolute atomic E-state index is 13.1. The van der Waals surface area contributed by atoms with E-state index in [2.05, 4.69) is 4.99 Å². The molecule has 1 aromatic heterocycles. The highest BCUT2D eigenvalue weighted by Crippen LogP contribution is 2.33. The maximum Gasteiger partial charge on any atom is 0.279 e. The van der Waals surface area contributed by atoms with E-state index >= 15 is 0 Å². The molecule has 37 heavy (non-hydrogen) atoms. The molecule has 3 aromatic rings. The monoisotopic (exact) mass is 549 g/mol. The molecule has 202 valence electrons. The van der Waals surface area contributed by atoms with Crippen molar-refractivity contribution < 1.29 is 27.4 Å². The van der Waals surface area contributed by atoms with Gasteiger partial charge in [0.1, 0.15) is 0 Å². The third-order valence-electron chi connectivity index (χ3n) is 5.90. The van der Waals surface area contributed by atoms with Crippen LogP contribution in [0.15, 0.2) is 46.3 Å². The fraction of sp³-hybridized carbons (Fsp3) is 0.462. The Morgan fingerprint density at radius 3 is 2.32 bits per heavy atom. The summed E-state index contributed by atoms with van der Waals surface area (Å²) in [6, 6.07) is 9.68. The molecule has 0 bridgehead atoms. The average molecular weight is 550 g/mol. The SMILES string of the molecule is CCCCN(CC)S(=O)(=O)c1ccc(C(=O)N=c2sc3cc(OC)c(OC)cc3n2CCOCC)cc1. The molecule has 0 aliphatic carbocycles. The van der Waals surface area contributed by atoms with Crippen molar-refractivity contribution in [2.75, 3.05) is 40.5 Å². The van der Waals surface area contributed by atoms with Gasteiger partial charge in [-0.3, -0.25) is 4.79 Å². The van der Waals surface area contributed by atoms with Gasteiger partial charge in [0.05, 0.1) is 35.9 Å². The molecule has 0 saturated heterocycles. The van der Waals surface area contributed by atoms with Gasteiger partial charge < -0.3 is 18.8 Å². The second-order valence-electron chi connectivity index (χ2n) is 8.20. The molecular formula is C26H35N3O6S2. The third-order valence-corrected chi connectivity index (χ3v) is 8.93. The minimum absolute atomic E-state index is 0.162. The summed E-state index contributed by atoms with van der Waals surface area (Å²) in [5, 5.41) is 0. The molecule has 0 aliphatic rings. The van der Waals surface area contributed by atoms with Gasteiger partial charge in [-0.25, -0.2) is 8.42 Å². The van der Waals surface area contributed by atoms with Crippen molar-refractivity contribution in [3.05, 3.63) is 46.8 Å². The predicted octanol–water partition coefficient (Wildman–Crippen LogP) is 4.31. The highest BCUT2D eigenvalue weighted by atomic mass is 32.2. The number of rotatable bonds is 13. The van der Waals surface area contributed by atoms with Gasteiger partial charge in [0, 0.05) is 43.9 Å². The van der Waals surface area contributed by atoms with Crippen molar-refractivity contribution in [1.29, 1.82) is 0 Å². The molecule has 0 radical (unpaired) electrons. The summed E-state index contributed by atoms with van der Waals surface area (Å²) in [5.41, 5.74) is 1.15. The number of thiazole rings is 1. The van der Waals surface area contributed by atoms with E-state index in [9.17, 15) is 13.2 Å². The molecule has 9 nitrogen and oxygen atoms in total. The van der Waals surface area contributed by atoms with E-state index in [1.54, 1.807) is 14.2 Å². The van der Waals surface area contributed by atoms with Crippen molar-refractivity contribution in [3.63, 3.8) is 0 Å². The Labute approximate surface area is 222 Å². The summed E-state index contributed by atoms with van der Waals surface area (Å²) in [5.74, 6) is 0.702. The number of methoxy groups -OCH3 is 2. The number of hydrogen-bond donors (Lipinski definition) is 0. The maximum atomic E-state index is 13.1. The lowest BCUT2D eigenvalue weighted by Crippen LogP contribution is -2.31. The Morgan fingerprint density at radius 1 is 1.05 bits per heavy atom. The Morgan fingerprint density at radius 2 is 1.73 bits per heavy atom. The lowest BCUT2D eigenvalue weighted by Gasteiger charge is -2.20. The normalized spacial score (nSPS) is 12.4. The van der Waals surface area contributed by atoms with Crippen LogP contribution in [0.3, 0.4) is 0 Å². The number of amides is 1. The van der Waals surface area contributed by atoms with Crippen LogP contribution in [0.25, 0.3) is 10.2 Å². The molecule has 0 atom stereocenters. The molecule has 0 N–H and O–H groups in total. The lowest BCUT2D eigenvalue weighted by atomic mass is 10.2. The van der Waals surface area contributed by atoms with Crippen LogP contribution < -0.4 is 14.3 Å². The van der Waals surface area contributed by atoms with Crippen LogP contribution in [0.2, 0.25) is 0 Å². The lowest BCUT2D eigenvalue weighted by molar-refractivity contribution is 0.0996. The van der Waals surface area contributed by atoms with Gasteiger partial charge in [-0.2, -0.15) is 9.30 Å². The number of ether oxygens (including phenoxy) is 3. The Bertz CT molecular complexity index is 1380. The number of hydrogen-bond acceptors (Lipinski definition) is 7. The smallest absolute Gasteiger partial charge is 0.279 e. The zero-order valence-electron chi connectivity index (χ0n) is 22.0. The molecule has 0 unspecified atom stereocenters. The fourth-order valence-electron chi connectivity index (χ4n) is 3.85. The van der Waals surface area contributed by atoms with Crippen LogP contribution in [0, 0.1) is 0 Å². The van der Waals surface area contributed by atoms with Crippen molar-refractivity contribution >= 4 is 37.5 Å². The van der Waals surface area contributed by atoms with E-state index in [4.69, 9.17) is 14.2 Å². The van der Waals surface area contributed by atoms with Gasteiger partial charge in [-0.1, -0.05) is 31.6 Å². The number of unbranched alkanes of at least 4 members (excludes halogenated alkanes) is 1. The standard InChI is InChI=1S/C26H35N3O6S2/c1-6-9-14-28(7-2)37(31,32)20-12-10-19(11-13-20)25(30)27-26-29(15-16-35-8-3)21-17-22(33-4)23(34-5)18-24(21)36-26/h10-13,17-18H,6-9,14-16H2,1-5H3. The molecule has 1 heterocycles. The first-order chi connectivity index (χ1) is 17.8. The van der Waals surface area contributed by atoms with Gasteiger partial charge >= 0.3 is 0 Å². The van der Waals surface area contributed by atoms with Gasteiger partial charge in [-0.15, -0.1) is 0 Å². The summed E-state index contributed by atoms with van der Waals surface area (Å²) in [7, 11) is -0.479. The quantitative estimate of drug-likeness (QED) is 0.295. The second-order valence-corrected chi connectivity index (χ2v) is 11.1. The summed E-state index contributed by atoms with van der Waals surface area (Å²) in [6.07, 6.45) is 1.70. The molecule has 0 aliphatic heterocycles. The zero-order valence-corrected chi connectivity index (χ0v) is 23.7. The van der Waals surface area contributed by atoms with Crippen LogP contribution in [0.5, 0.6) is 11.5 Å². The number of carbonyl (C=O) groups is 1.